The molecular formula is C12H7Cl2N3O5S2. The van der Waals surface area contributed by atoms with Crippen molar-refractivity contribution in [3.05, 3.63) is 33.3 Å². The second-order valence-electron chi connectivity index (χ2n) is 4.55. The molecule has 2 aromatic rings. The molecule has 0 atom stereocenters. The Morgan fingerprint density at radius 1 is 1.38 bits per heavy atom. The number of benzene rings is 1. The van der Waals surface area contributed by atoms with Crippen LogP contribution in [0.3, 0.4) is 0 Å². The number of nitrogens with one attached hydrogen (secondary N) is 2. The van der Waals surface area contributed by atoms with E-state index in [0.717, 1.165) is 11.5 Å². The number of hydrogen-bond acceptors (Lipinski definition) is 7. The Kier molecular flexibility index (Phi) is 4.38. The fourth-order valence-electron chi connectivity index (χ4n) is 1.86. The number of fused-ring (bicyclic) bond motifs is 1. The number of carbonyl (C=O) groups is 2. The largest absolute Gasteiger partial charge is 0.482 e. The van der Waals surface area contributed by atoms with Gasteiger partial charge in [0.1, 0.15) is 15.1 Å². The number of hydrogen-bond donors (Lipinski definition) is 2. The lowest BCUT2D eigenvalue weighted by atomic mass is 10.2. The number of carbonyl (C=O) groups excluding carboxylic acids is 2. The standard InChI is InChI=1S/C12H7Cl2N3O5S2/c13-9-10(16-23-11(9)14)12(19)17-24(20,21)5-1-2-7-6(3-5)15-8(18)4-22-7/h1-3H,4H2,(H,15,18)(H,17,19). The molecule has 0 radical (unpaired) electrons. The number of anilines is 1. The average Bonchev–Trinajstić information content (AvgIpc) is 2.86. The molecule has 2 N–H and O–H groups in total. The highest BCUT2D eigenvalue weighted by Crippen LogP contribution is 2.31. The summed E-state index contributed by atoms with van der Waals surface area (Å²) in [5.41, 5.74) is -0.0962. The Labute approximate surface area is 149 Å². The molecule has 8 nitrogen and oxygen atoms in total. The number of nitrogens with zero attached hydrogens (tertiary/aromatic N) is 1. The van der Waals surface area contributed by atoms with Crippen molar-refractivity contribution < 1.29 is 22.7 Å². The summed E-state index contributed by atoms with van der Waals surface area (Å²) in [4.78, 5) is 23.1. The maximum absolute atomic E-state index is 12.3. The smallest absolute Gasteiger partial charge is 0.286 e. The highest BCUT2D eigenvalue weighted by Gasteiger charge is 2.25. The predicted octanol–water partition coefficient (Wildman–Crippen LogP) is 1.90. The monoisotopic (exact) mass is 407 g/mol. The fraction of sp³-hybridized carbons (Fsp3) is 0.0833. The highest BCUT2D eigenvalue weighted by molar-refractivity contribution is 7.90. The maximum atomic E-state index is 12.3. The third-order valence-corrected chi connectivity index (χ3v) is 5.87. The fourth-order valence-corrected chi connectivity index (χ4v) is 3.83. The van der Waals surface area contributed by atoms with Crippen LogP contribution in [0.25, 0.3) is 0 Å². The minimum absolute atomic E-state index is 0.0767. The third-order valence-electron chi connectivity index (χ3n) is 2.93. The lowest BCUT2D eigenvalue weighted by Gasteiger charge is -2.18. The summed E-state index contributed by atoms with van der Waals surface area (Å²) in [6.07, 6.45) is 0. The topological polar surface area (TPSA) is 114 Å². The molecule has 0 saturated carbocycles. The van der Waals surface area contributed by atoms with Crippen molar-refractivity contribution in [2.45, 2.75) is 4.90 Å². The van der Waals surface area contributed by atoms with Gasteiger partial charge < -0.3 is 10.1 Å². The quantitative estimate of drug-likeness (QED) is 0.802. The molecule has 1 aromatic carbocycles. The van der Waals surface area contributed by atoms with E-state index in [0.29, 0.717) is 5.75 Å². The van der Waals surface area contributed by atoms with Crippen molar-refractivity contribution in [2.75, 3.05) is 11.9 Å². The van der Waals surface area contributed by atoms with Gasteiger partial charge in [-0.2, -0.15) is 4.37 Å². The zero-order valence-corrected chi connectivity index (χ0v) is 14.6. The van der Waals surface area contributed by atoms with Crippen molar-refractivity contribution in [3.63, 3.8) is 0 Å². The van der Waals surface area contributed by atoms with Gasteiger partial charge in [0.05, 0.1) is 10.6 Å². The molecule has 0 fully saturated rings. The van der Waals surface area contributed by atoms with E-state index in [4.69, 9.17) is 27.9 Å². The van der Waals surface area contributed by atoms with Crippen LogP contribution in [0.2, 0.25) is 9.36 Å². The van der Waals surface area contributed by atoms with Gasteiger partial charge in [0, 0.05) is 0 Å². The van der Waals surface area contributed by atoms with E-state index in [2.05, 4.69) is 9.69 Å². The van der Waals surface area contributed by atoms with Gasteiger partial charge >= 0.3 is 0 Å². The minimum atomic E-state index is -4.21. The van der Waals surface area contributed by atoms with Crippen LogP contribution < -0.4 is 14.8 Å². The number of aromatic nitrogens is 1. The second-order valence-corrected chi connectivity index (χ2v) is 7.98. The van der Waals surface area contributed by atoms with Crippen molar-refractivity contribution in [3.8, 4) is 5.75 Å². The summed E-state index contributed by atoms with van der Waals surface area (Å²) in [7, 11) is -4.21. The van der Waals surface area contributed by atoms with E-state index in [1.165, 1.54) is 18.2 Å². The Morgan fingerprint density at radius 2 is 2.12 bits per heavy atom. The van der Waals surface area contributed by atoms with Gasteiger partial charge in [-0.3, -0.25) is 9.59 Å². The van der Waals surface area contributed by atoms with Crippen LogP contribution in [-0.4, -0.2) is 31.2 Å². The Hall–Kier alpha value is -1.88. The SMILES string of the molecule is O=C1COc2ccc(S(=O)(=O)NC(=O)c3nsc(Cl)c3Cl)cc2N1. The zero-order chi connectivity index (χ0) is 17.5. The van der Waals surface area contributed by atoms with Gasteiger partial charge in [0.25, 0.3) is 21.8 Å². The van der Waals surface area contributed by atoms with E-state index < -0.39 is 21.8 Å². The molecule has 12 heteroatoms. The predicted molar refractivity (Wildman–Crippen MR) is 87.4 cm³/mol. The van der Waals surface area contributed by atoms with Crippen molar-refractivity contribution in [1.29, 1.82) is 0 Å². The molecule has 2 amide bonds. The number of halogens is 2. The molecule has 24 heavy (non-hydrogen) atoms. The first kappa shape index (κ1) is 17.0. The first-order valence-corrected chi connectivity index (χ1v) is 9.23. The minimum Gasteiger partial charge on any atom is -0.482 e. The lowest BCUT2D eigenvalue weighted by molar-refractivity contribution is -0.118. The molecule has 0 saturated heterocycles. The first-order valence-electron chi connectivity index (χ1n) is 6.22. The van der Waals surface area contributed by atoms with Crippen LogP contribution in [0, 0.1) is 0 Å². The maximum Gasteiger partial charge on any atom is 0.286 e. The molecule has 0 unspecified atom stereocenters. The van der Waals surface area contributed by atoms with E-state index in [9.17, 15) is 18.0 Å². The van der Waals surface area contributed by atoms with E-state index in [1.54, 1.807) is 0 Å². The summed E-state index contributed by atoms with van der Waals surface area (Å²) < 4.78 is 35.4. The lowest BCUT2D eigenvalue weighted by Crippen LogP contribution is -2.31. The van der Waals surface area contributed by atoms with Gasteiger partial charge in [-0.15, -0.1) is 0 Å². The van der Waals surface area contributed by atoms with Crippen LogP contribution in [0.15, 0.2) is 23.1 Å². The summed E-state index contributed by atoms with van der Waals surface area (Å²) >= 11 is 12.2. The normalized spacial score (nSPS) is 13.7. The number of ether oxygens (including phenoxy) is 1. The molecule has 0 aliphatic carbocycles. The van der Waals surface area contributed by atoms with E-state index in [-0.39, 0.29) is 32.2 Å². The van der Waals surface area contributed by atoms with Gasteiger partial charge in [0.15, 0.2) is 12.3 Å². The van der Waals surface area contributed by atoms with Crippen molar-refractivity contribution in [2.24, 2.45) is 0 Å². The third kappa shape index (κ3) is 3.18. The molecule has 2 heterocycles. The van der Waals surface area contributed by atoms with Crippen molar-refractivity contribution in [1.82, 2.24) is 9.10 Å². The summed E-state index contributed by atoms with van der Waals surface area (Å²) in [5.74, 6) is -1.10. The van der Waals surface area contributed by atoms with Crippen LogP contribution in [0.1, 0.15) is 10.5 Å². The first-order chi connectivity index (χ1) is 11.3. The van der Waals surface area contributed by atoms with Gasteiger partial charge in [-0.05, 0) is 29.7 Å². The van der Waals surface area contributed by atoms with E-state index in [1.807, 2.05) is 4.72 Å². The van der Waals surface area contributed by atoms with Crippen LogP contribution >= 0.6 is 34.7 Å². The molecule has 0 bridgehead atoms. The molecule has 0 spiro atoms. The van der Waals surface area contributed by atoms with Crippen LogP contribution in [0.4, 0.5) is 5.69 Å². The molecular weight excluding hydrogens is 401 g/mol. The number of amides is 2. The van der Waals surface area contributed by atoms with Crippen LogP contribution in [-0.2, 0) is 14.8 Å². The Balaban J connectivity index is 1.88. The molecule has 3 rings (SSSR count). The number of sulfonamides is 1. The Morgan fingerprint density at radius 3 is 2.79 bits per heavy atom. The molecule has 1 aliphatic heterocycles. The van der Waals surface area contributed by atoms with Crippen molar-refractivity contribution >= 4 is 62.3 Å². The summed E-state index contributed by atoms with van der Waals surface area (Å²) in [6, 6.07) is 3.79. The molecule has 1 aliphatic rings. The zero-order valence-electron chi connectivity index (χ0n) is 11.5. The average molecular weight is 408 g/mol. The summed E-state index contributed by atoms with van der Waals surface area (Å²) in [5, 5.41) is 2.35. The Bertz CT molecular complexity index is 958. The number of rotatable bonds is 3. The van der Waals surface area contributed by atoms with E-state index >= 15 is 0 Å². The van der Waals surface area contributed by atoms with Gasteiger partial charge in [-0.1, -0.05) is 23.2 Å². The second kappa shape index (κ2) is 6.20. The van der Waals surface area contributed by atoms with Crippen LogP contribution in [0.5, 0.6) is 5.75 Å². The molecule has 1 aromatic heterocycles. The summed E-state index contributed by atoms with van der Waals surface area (Å²) in [6.45, 7) is -0.154. The highest BCUT2D eigenvalue weighted by atomic mass is 35.5. The van der Waals surface area contributed by atoms with Gasteiger partial charge in [-0.25, -0.2) is 13.1 Å². The molecule has 126 valence electrons. The van der Waals surface area contributed by atoms with Gasteiger partial charge in [0.2, 0.25) is 0 Å².